The molecule has 0 aliphatic heterocycles. The first-order valence-corrected chi connectivity index (χ1v) is 13.8. The van der Waals surface area contributed by atoms with E-state index in [0.717, 1.165) is 54.6 Å². The number of esters is 1. The molecule has 36 heavy (non-hydrogen) atoms. The number of hydrogen-bond donors (Lipinski definition) is 0. The summed E-state index contributed by atoms with van der Waals surface area (Å²) in [6.45, 7) is 7.84. The van der Waals surface area contributed by atoms with Crippen molar-refractivity contribution in [2.75, 3.05) is 13.2 Å². The van der Waals surface area contributed by atoms with E-state index >= 15 is 0 Å². The molecular weight excluding hydrogens is 450 g/mol. The van der Waals surface area contributed by atoms with Gasteiger partial charge in [0.25, 0.3) is 0 Å². The third-order valence-corrected chi connectivity index (χ3v) is 7.27. The largest absolute Gasteiger partial charge is 0.466 e. The molecule has 194 valence electrons. The van der Waals surface area contributed by atoms with Gasteiger partial charge >= 0.3 is 5.97 Å². The molecule has 4 rings (SSSR count). The third-order valence-electron chi connectivity index (χ3n) is 7.27. The van der Waals surface area contributed by atoms with Gasteiger partial charge in [0.05, 0.1) is 24.4 Å². The minimum Gasteiger partial charge on any atom is -0.466 e. The Morgan fingerprint density at radius 1 is 1.11 bits per heavy atom. The van der Waals surface area contributed by atoms with E-state index in [1.54, 1.807) is 0 Å². The number of rotatable bonds is 12. The van der Waals surface area contributed by atoms with Gasteiger partial charge in [0.2, 0.25) is 0 Å². The van der Waals surface area contributed by atoms with Gasteiger partial charge in [-0.05, 0) is 87.6 Å². The summed E-state index contributed by atoms with van der Waals surface area (Å²) < 4.78 is 13.5. The first kappa shape index (κ1) is 26.3. The van der Waals surface area contributed by atoms with Crippen molar-refractivity contribution >= 4 is 11.5 Å². The maximum absolute atomic E-state index is 11.9. The fourth-order valence-corrected chi connectivity index (χ4v) is 5.41. The lowest BCUT2D eigenvalue weighted by Crippen LogP contribution is -2.15. The van der Waals surface area contributed by atoms with Crippen molar-refractivity contribution in [3.05, 3.63) is 53.1 Å². The van der Waals surface area contributed by atoms with Crippen LogP contribution in [-0.4, -0.2) is 33.8 Å². The summed E-state index contributed by atoms with van der Waals surface area (Å²) in [4.78, 5) is 16.4. The summed E-state index contributed by atoms with van der Waals surface area (Å²) >= 11 is 0. The van der Waals surface area contributed by atoms with Crippen LogP contribution in [0.4, 0.5) is 0 Å². The number of unbranched alkanes of at least 4 members (excludes halogenated alkanes) is 1. The molecule has 3 heterocycles. The molecular formula is C30H41N3O3. The van der Waals surface area contributed by atoms with Crippen LogP contribution in [0, 0.1) is 12.8 Å². The van der Waals surface area contributed by atoms with Gasteiger partial charge in [-0.1, -0.05) is 26.2 Å². The molecule has 0 saturated heterocycles. The number of ether oxygens (including phenoxy) is 2. The topological polar surface area (TPSA) is 65.7 Å². The molecule has 0 aromatic carbocycles. The summed E-state index contributed by atoms with van der Waals surface area (Å²) in [5.74, 6) is 0.540. The van der Waals surface area contributed by atoms with Crippen LogP contribution >= 0.6 is 0 Å². The van der Waals surface area contributed by atoms with Crippen molar-refractivity contribution in [1.29, 1.82) is 0 Å². The SMILES string of the molecule is CCOC(=O)CCCCc1c(COCC2CCCCC2)nn2c(CC)ccc2c1-c1cncc(C)c1. The molecule has 0 bridgehead atoms. The van der Waals surface area contributed by atoms with Gasteiger partial charge in [-0.3, -0.25) is 9.78 Å². The van der Waals surface area contributed by atoms with Crippen LogP contribution < -0.4 is 0 Å². The average molecular weight is 492 g/mol. The van der Waals surface area contributed by atoms with Gasteiger partial charge in [0.15, 0.2) is 0 Å². The number of fused-ring (bicyclic) bond motifs is 1. The number of carbonyl (C=O) groups excluding carboxylic acids is 1. The fourth-order valence-electron chi connectivity index (χ4n) is 5.41. The smallest absolute Gasteiger partial charge is 0.305 e. The summed E-state index contributed by atoms with van der Waals surface area (Å²) in [7, 11) is 0. The molecule has 3 aromatic rings. The van der Waals surface area contributed by atoms with E-state index in [2.05, 4.69) is 41.5 Å². The van der Waals surface area contributed by atoms with E-state index < -0.39 is 0 Å². The highest BCUT2D eigenvalue weighted by atomic mass is 16.5. The highest BCUT2D eigenvalue weighted by Crippen LogP contribution is 2.33. The van der Waals surface area contributed by atoms with Gasteiger partial charge in [-0.15, -0.1) is 0 Å². The number of carbonyl (C=O) groups is 1. The maximum atomic E-state index is 11.9. The highest BCUT2D eigenvalue weighted by Gasteiger charge is 2.20. The van der Waals surface area contributed by atoms with Crippen LogP contribution in [0.3, 0.4) is 0 Å². The van der Waals surface area contributed by atoms with Crippen LogP contribution in [0.2, 0.25) is 0 Å². The van der Waals surface area contributed by atoms with Crippen LogP contribution in [0.25, 0.3) is 16.6 Å². The molecule has 0 atom stereocenters. The highest BCUT2D eigenvalue weighted by molar-refractivity contribution is 5.83. The molecule has 1 saturated carbocycles. The van der Waals surface area contributed by atoms with E-state index in [4.69, 9.17) is 14.6 Å². The standard InChI is InChI=1S/C30H41N3O3/c1-4-25-15-16-28-30(24-17-22(3)18-31-19-24)26(13-9-10-14-29(34)36-5-2)27(32-33(25)28)21-35-20-23-11-7-6-8-12-23/h15-19,23H,4-14,20-21H2,1-3H3. The fraction of sp³-hybridized carbons (Fsp3) is 0.567. The zero-order valence-electron chi connectivity index (χ0n) is 22.2. The molecule has 6 nitrogen and oxygen atoms in total. The van der Waals surface area contributed by atoms with E-state index in [1.807, 2.05) is 19.3 Å². The monoisotopic (exact) mass is 491 g/mol. The van der Waals surface area contributed by atoms with Crippen LogP contribution in [0.1, 0.15) is 87.7 Å². The third kappa shape index (κ3) is 6.52. The molecule has 1 fully saturated rings. The number of hydrogen-bond acceptors (Lipinski definition) is 5. The van der Waals surface area contributed by atoms with E-state index in [1.165, 1.54) is 48.9 Å². The summed E-state index contributed by atoms with van der Waals surface area (Å²) in [5.41, 5.74) is 7.93. The Hall–Kier alpha value is -2.73. The Morgan fingerprint density at radius 3 is 2.69 bits per heavy atom. The number of aromatic nitrogens is 3. The zero-order chi connectivity index (χ0) is 25.3. The van der Waals surface area contributed by atoms with Crippen molar-refractivity contribution in [2.45, 2.75) is 91.6 Å². The Labute approximate surface area is 215 Å². The van der Waals surface area contributed by atoms with Crippen LogP contribution in [0.15, 0.2) is 30.6 Å². The lowest BCUT2D eigenvalue weighted by molar-refractivity contribution is -0.143. The first-order chi connectivity index (χ1) is 17.6. The lowest BCUT2D eigenvalue weighted by Gasteiger charge is -2.22. The van der Waals surface area contributed by atoms with Gasteiger partial charge < -0.3 is 9.47 Å². The Bertz CT molecular complexity index is 1150. The predicted molar refractivity (Wildman–Crippen MR) is 143 cm³/mol. The Morgan fingerprint density at radius 2 is 1.94 bits per heavy atom. The van der Waals surface area contributed by atoms with E-state index in [-0.39, 0.29) is 5.97 Å². The van der Waals surface area contributed by atoms with Crippen molar-refractivity contribution in [3.63, 3.8) is 0 Å². The summed E-state index contributed by atoms with van der Waals surface area (Å²) in [5, 5.41) is 5.12. The minimum absolute atomic E-state index is 0.121. The predicted octanol–water partition coefficient (Wildman–Crippen LogP) is 6.64. The first-order valence-electron chi connectivity index (χ1n) is 13.8. The van der Waals surface area contributed by atoms with Crippen molar-refractivity contribution in [2.24, 2.45) is 5.92 Å². The van der Waals surface area contributed by atoms with Crippen LogP contribution in [0.5, 0.6) is 0 Å². The summed E-state index contributed by atoms with van der Waals surface area (Å²) in [6.07, 6.45) is 14.2. The van der Waals surface area contributed by atoms with Gasteiger partial charge in [0.1, 0.15) is 0 Å². The number of pyridine rings is 1. The van der Waals surface area contributed by atoms with Crippen molar-refractivity contribution in [1.82, 2.24) is 14.6 Å². The average Bonchev–Trinajstić information content (AvgIpc) is 3.29. The molecule has 0 spiro atoms. The Kier molecular flexibility index (Phi) is 9.51. The second-order valence-corrected chi connectivity index (χ2v) is 10.1. The second-order valence-electron chi connectivity index (χ2n) is 10.1. The number of aryl methyl sites for hydroxylation is 2. The zero-order valence-corrected chi connectivity index (χ0v) is 22.2. The molecule has 0 radical (unpaired) electrons. The van der Waals surface area contributed by atoms with Gasteiger partial charge in [-0.25, -0.2) is 4.52 Å². The number of nitrogens with zero attached hydrogens (tertiary/aromatic N) is 3. The lowest BCUT2D eigenvalue weighted by atomic mass is 9.90. The minimum atomic E-state index is -0.121. The van der Waals surface area contributed by atoms with E-state index in [0.29, 0.717) is 25.6 Å². The maximum Gasteiger partial charge on any atom is 0.305 e. The molecule has 0 unspecified atom stereocenters. The molecule has 1 aliphatic rings. The summed E-state index contributed by atoms with van der Waals surface area (Å²) in [6, 6.07) is 6.56. The molecule has 6 heteroatoms. The Balaban J connectivity index is 1.67. The van der Waals surface area contributed by atoms with Gasteiger partial charge in [-0.2, -0.15) is 5.10 Å². The van der Waals surface area contributed by atoms with Crippen molar-refractivity contribution in [3.8, 4) is 11.1 Å². The normalized spacial score (nSPS) is 14.4. The van der Waals surface area contributed by atoms with Crippen LogP contribution in [-0.2, 0) is 33.7 Å². The van der Waals surface area contributed by atoms with E-state index in [9.17, 15) is 4.79 Å². The molecule has 0 amide bonds. The van der Waals surface area contributed by atoms with Gasteiger partial charge in [0, 0.05) is 42.2 Å². The quantitative estimate of drug-likeness (QED) is 0.210. The molecule has 0 N–H and O–H groups in total. The molecule has 3 aromatic heterocycles. The second kappa shape index (κ2) is 13.0. The van der Waals surface area contributed by atoms with Crippen molar-refractivity contribution < 1.29 is 14.3 Å². The molecule has 1 aliphatic carbocycles.